The zero-order valence-electron chi connectivity index (χ0n) is 15.6. The Hall–Kier alpha value is -2.69. The number of methoxy groups -OCH3 is 1. The van der Waals surface area contributed by atoms with E-state index in [-0.39, 0.29) is 6.61 Å². The lowest BCUT2D eigenvalue weighted by atomic mass is 10.2. The molecule has 3 aromatic carbocycles. The highest BCUT2D eigenvalue weighted by Crippen LogP contribution is 2.31. The van der Waals surface area contributed by atoms with Crippen LogP contribution < -0.4 is 14.9 Å². The molecule has 0 radical (unpaired) electrons. The summed E-state index contributed by atoms with van der Waals surface area (Å²) in [6, 6.07) is 18.9. The first-order chi connectivity index (χ1) is 13.6. The molecule has 28 heavy (non-hydrogen) atoms. The number of nitrogens with zero attached hydrogens (tertiary/aromatic N) is 1. The zero-order valence-corrected chi connectivity index (χ0v) is 17.1. The summed E-state index contributed by atoms with van der Waals surface area (Å²) in [5.74, 6) is 1.20. The monoisotopic (exact) mass is 414 g/mol. The number of hydrogen-bond acceptors (Lipinski definition) is 4. The molecule has 0 aromatic heterocycles. The first-order valence-corrected chi connectivity index (χ1v) is 9.42. The van der Waals surface area contributed by atoms with Gasteiger partial charge >= 0.3 is 0 Å². The predicted molar refractivity (Wildman–Crippen MR) is 116 cm³/mol. The van der Waals surface area contributed by atoms with Gasteiger partial charge in [0.2, 0.25) is 0 Å². The van der Waals surface area contributed by atoms with Gasteiger partial charge in [-0.25, -0.2) is 0 Å². The first kappa shape index (κ1) is 20.1. The average Bonchev–Trinajstić information content (AvgIpc) is 2.69. The summed E-state index contributed by atoms with van der Waals surface area (Å²) in [4.78, 5) is 0. The van der Waals surface area contributed by atoms with Gasteiger partial charge in [-0.05, 0) is 55.0 Å². The molecule has 6 heteroatoms. The van der Waals surface area contributed by atoms with Crippen LogP contribution in [0.4, 0.5) is 5.69 Å². The van der Waals surface area contributed by atoms with Gasteiger partial charge in [-0.2, -0.15) is 5.10 Å². The molecule has 0 unspecified atom stereocenters. The van der Waals surface area contributed by atoms with Crippen LogP contribution in [0.1, 0.15) is 16.7 Å². The lowest BCUT2D eigenvalue weighted by Crippen LogP contribution is -2.00. The standard InChI is InChI=1S/C22H20Cl2N2O2/c1-15-6-9-17(10-7-15)26-25-13-16-8-11-21(22(12-16)27-2)28-14-18-19(23)4-3-5-20(18)24/h3-13,26H,14H2,1-2H3/b25-13+. The van der Waals surface area contributed by atoms with Gasteiger partial charge in [-0.1, -0.05) is 47.0 Å². The van der Waals surface area contributed by atoms with E-state index in [1.807, 2.05) is 49.4 Å². The maximum atomic E-state index is 6.19. The molecular weight excluding hydrogens is 395 g/mol. The smallest absolute Gasteiger partial charge is 0.161 e. The molecule has 0 aliphatic rings. The molecule has 144 valence electrons. The first-order valence-electron chi connectivity index (χ1n) is 8.66. The normalized spacial score (nSPS) is 10.9. The summed E-state index contributed by atoms with van der Waals surface area (Å²) < 4.78 is 11.3. The summed E-state index contributed by atoms with van der Waals surface area (Å²) in [7, 11) is 1.59. The lowest BCUT2D eigenvalue weighted by Gasteiger charge is -2.13. The number of benzene rings is 3. The highest BCUT2D eigenvalue weighted by molar-refractivity contribution is 6.35. The Bertz CT molecular complexity index is 953. The van der Waals surface area contributed by atoms with Crippen molar-refractivity contribution in [3.8, 4) is 11.5 Å². The summed E-state index contributed by atoms with van der Waals surface area (Å²) in [5, 5.41) is 5.39. The third kappa shape index (κ3) is 5.18. The van der Waals surface area contributed by atoms with E-state index in [0.717, 1.165) is 16.8 Å². The number of hydrogen-bond donors (Lipinski definition) is 1. The van der Waals surface area contributed by atoms with Crippen molar-refractivity contribution in [1.29, 1.82) is 0 Å². The van der Waals surface area contributed by atoms with Gasteiger partial charge in [-0.3, -0.25) is 5.43 Å². The van der Waals surface area contributed by atoms with Crippen LogP contribution in [0.5, 0.6) is 11.5 Å². The van der Waals surface area contributed by atoms with Gasteiger partial charge in [0.1, 0.15) is 6.61 Å². The fourth-order valence-electron chi connectivity index (χ4n) is 2.51. The van der Waals surface area contributed by atoms with Gasteiger partial charge in [0.05, 0.1) is 19.0 Å². The van der Waals surface area contributed by atoms with Crippen LogP contribution in [0, 0.1) is 6.92 Å². The van der Waals surface area contributed by atoms with Gasteiger partial charge in [0.15, 0.2) is 11.5 Å². The van der Waals surface area contributed by atoms with E-state index in [1.165, 1.54) is 5.56 Å². The maximum Gasteiger partial charge on any atom is 0.161 e. The van der Waals surface area contributed by atoms with E-state index >= 15 is 0 Å². The van der Waals surface area contributed by atoms with Crippen molar-refractivity contribution >= 4 is 35.1 Å². The van der Waals surface area contributed by atoms with E-state index in [4.69, 9.17) is 32.7 Å². The highest BCUT2D eigenvalue weighted by atomic mass is 35.5. The Morgan fingerprint density at radius 1 is 0.964 bits per heavy atom. The Morgan fingerprint density at radius 3 is 2.36 bits per heavy atom. The number of hydrazone groups is 1. The van der Waals surface area contributed by atoms with Crippen molar-refractivity contribution in [3.63, 3.8) is 0 Å². The molecule has 4 nitrogen and oxygen atoms in total. The second-order valence-corrected chi connectivity index (χ2v) is 6.95. The van der Waals surface area contributed by atoms with Gasteiger partial charge in [-0.15, -0.1) is 0 Å². The third-order valence-corrected chi connectivity index (χ3v) is 4.79. The quantitative estimate of drug-likeness (QED) is 0.362. The second-order valence-electron chi connectivity index (χ2n) is 6.14. The van der Waals surface area contributed by atoms with Gasteiger partial charge < -0.3 is 9.47 Å². The minimum Gasteiger partial charge on any atom is -0.493 e. The fraction of sp³-hybridized carbons (Fsp3) is 0.136. The molecule has 0 spiro atoms. The maximum absolute atomic E-state index is 6.19. The number of anilines is 1. The largest absolute Gasteiger partial charge is 0.493 e. The summed E-state index contributed by atoms with van der Waals surface area (Å²) >= 11 is 12.4. The number of ether oxygens (including phenoxy) is 2. The van der Waals surface area contributed by atoms with E-state index in [0.29, 0.717) is 21.5 Å². The predicted octanol–water partition coefficient (Wildman–Crippen LogP) is 6.34. The van der Waals surface area contributed by atoms with Crippen LogP contribution in [-0.4, -0.2) is 13.3 Å². The molecule has 0 atom stereocenters. The molecule has 1 N–H and O–H groups in total. The van der Waals surface area contributed by atoms with E-state index < -0.39 is 0 Å². The number of rotatable bonds is 7. The molecule has 0 saturated heterocycles. The van der Waals surface area contributed by atoms with Crippen LogP contribution in [-0.2, 0) is 6.61 Å². The Morgan fingerprint density at radius 2 is 1.68 bits per heavy atom. The molecule has 0 bridgehead atoms. The summed E-state index contributed by atoms with van der Waals surface area (Å²) in [6.45, 7) is 2.29. The van der Waals surface area contributed by atoms with Gasteiger partial charge in [0.25, 0.3) is 0 Å². The number of halogens is 2. The van der Waals surface area contributed by atoms with Crippen LogP contribution in [0.25, 0.3) is 0 Å². The minimum atomic E-state index is 0.247. The summed E-state index contributed by atoms with van der Waals surface area (Å²) in [5.41, 5.74) is 6.73. The minimum absolute atomic E-state index is 0.247. The van der Waals surface area contributed by atoms with Crippen LogP contribution in [0.2, 0.25) is 10.0 Å². The van der Waals surface area contributed by atoms with E-state index in [1.54, 1.807) is 31.5 Å². The molecule has 3 rings (SSSR count). The van der Waals surface area contributed by atoms with Crippen molar-refractivity contribution < 1.29 is 9.47 Å². The molecular formula is C22H20Cl2N2O2. The molecule has 0 amide bonds. The van der Waals surface area contributed by atoms with Crippen molar-refractivity contribution in [2.24, 2.45) is 5.10 Å². The van der Waals surface area contributed by atoms with Crippen LogP contribution in [0.15, 0.2) is 65.8 Å². The lowest BCUT2D eigenvalue weighted by molar-refractivity contribution is 0.284. The molecule has 0 aliphatic heterocycles. The fourth-order valence-corrected chi connectivity index (χ4v) is 3.02. The van der Waals surface area contributed by atoms with Gasteiger partial charge in [0, 0.05) is 15.6 Å². The van der Waals surface area contributed by atoms with Crippen LogP contribution >= 0.6 is 23.2 Å². The molecule has 0 heterocycles. The zero-order chi connectivity index (χ0) is 19.9. The molecule has 0 saturated carbocycles. The van der Waals surface area contributed by atoms with E-state index in [2.05, 4.69) is 10.5 Å². The Balaban J connectivity index is 1.68. The Kier molecular flexibility index (Phi) is 6.80. The number of nitrogens with one attached hydrogen (secondary N) is 1. The Labute approximate surface area is 174 Å². The van der Waals surface area contributed by atoms with Crippen molar-refractivity contribution in [3.05, 3.63) is 87.4 Å². The van der Waals surface area contributed by atoms with Crippen molar-refractivity contribution in [2.75, 3.05) is 12.5 Å². The average molecular weight is 415 g/mol. The highest BCUT2D eigenvalue weighted by Gasteiger charge is 2.09. The molecule has 0 aliphatic carbocycles. The molecule has 3 aromatic rings. The van der Waals surface area contributed by atoms with E-state index in [9.17, 15) is 0 Å². The molecule has 0 fully saturated rings. The second kappa shape index (κ2) is 9.49. The van der Waals surface area contributed by atoms with Crippen molar-refractivity contribution in [1.82, 2.24) is 0 Å². The SMILES string of the molecule is COc1cc(/C=N/Nc2ccc(C)cc2)ccc1OCc1c(Cl)cccc1Cl. The third-order valence-electron chi connectivity index (χ3n) is 4.08. The van der Waals surface area contributed by atoms with Crippen molar-refractivity contribution in [2.45, 2.75) is 13.5 Å². The summed E-state index contributed by atoms with van der Waals surface area (Å²) in [6.07, 6.45) is 1.72. The number of aryl methyl sites for hydroxylation is 1. The topological polar surface area (TPSA) is 42.8 Å². The van der Waals surface area contributed by atoms with Crippen LogP contribution in [0.3, 0.4) is 0 Å².